The van der Waals surface area contributed by atoms with E-state index in [1.165, 1.54) is 13.2 Å². The molecule has 1 atom stereocenters. The summed E-state index contributed by atoms with van der Waals surface area (Å²) in [6.07, 6.45) is 1.65. The molecule has 0 aromatic heterocycles. The highest BCUT2D eigenvalue weighted by Gasteiger charge is 2.21. The van der Waals surface area contributed by atoms with E-state index in [-0.39, 0.29) is 17.5 Å². The molecule has 0 saturated heterocycles. The Labute approximate surface area is 115 Å². The summed E-state index contributed by atoms with van der Waals surface area (Å²) in [5, 5.41) is 3.16. The average Bonchev–Trinajstić information content (AvgIpc) is 2.40. The first-order chi connectivity index (χ1) is 8.93. The third kappa shape index (κ3) is 4.48. The van der Waals surface area contributed by atoms with Gasteiger partial charge in [0.2, 0.25) is 0 Å². The number of hydrogen-bond donors (Lipinski definition) is 1. The van der Waals surface area contributed by atoms with E-state index in [0.717, 1.165) is 12.8 Å². The Kier molecular flexibility index (Phi) is 5.76. The molecule has 0 aliphatic rings. The minimum absolute atomic E-state index is 0.0275. The van der Waals surface area contributed by atoms with Crippen LogP contribution in [0, 0.1) is 5.82 Å². The predicted molar refractivity (Wildman–Crippen MR) is 75.1 cm³/mol. The van der Waals surface area contributed by atoms with E-state index in [0.29, 0.717) is 11.3 Å². The highest BCUT2D eigenvalue weighted by molar-refractivity contribution is 5.30. The van der Waals surface area contributed by atoms with Crippen molar-refractivity contribution in [2.24, 2.45) is 0 Å². The van der Waals surface area contributed by atoms with Gasteiger partial charge in [-0.1, -0.05) is 6.07 Å². The number of methoxy groups -OCH3 is 2. The maximum atomic E-state index is 14.0. The van der Waals surface area contributed by atoms with E-state index in [9.17, 15) is 4.39 Å². The highest BCUT2D eigenvalue weighted by atomic mass is 19.1. The summed E-state index contributed by atoms with van der Waals surface area (Å²) in [5.74, 6) is 0.294. The maximum absolute atomic E-state index is 14.0. The van der Waals surface area contributed by atoms with Crippen LogP contribution in [-0.4, -0.2) is 26.9 Å². The van der Waals surface area contributed by atoms with Gasteiger partial charge in [-0.05, 0) is 39.8 Å². The SMILES string of the molecule is CNC(CCC(C)(C)OC)c1ccc(OC)cc1F. The van der Waals surface area contributed by atoms with Gasteiger partial charge in [0.25, 0.3) is 0 Å². The molecule has 0 bridgehead atoms. The minimum Gasteiger partial charge on any atom is -0.497 e. The van der Waals surface area contributed by atoms with Crippen LogP contribution in [0.5, 0.6) is 5.75 Å². The van der Waals surface area contributed by atoms with Crippen molar-refractivity contribution in [2.45, 2.75) is 38.3 Å². The van der Waals surface area contributed by atoms with Gasteiger partial charge in [0, 0.05) is 24.8 Å². The molecule has 0 radical (unpaired) electrons. The van der Waals surface area contributed by atoms with Crippen molar-refractivity contribution in [2.75, 3.05) is 21.3 Å². The molecule has 19 heavy (non-hydrogen) atoms. The van der Waals surface area contributed by atoms with Crippen LogP contribution in [0.4, 0.5) is 4.39 Å². The second-order valence-electron chi connectivity index (χ2n) is 5.23. The molecule has 0 spiro atoms. The smallest absolute Gasteiger partial charge is 0.131 e. The van der Waals surface area contributed by atoms with E-state index >= 15 is 0 Å². The fourth-order valence-electron chi connectivity index (χ4n) is 1.97. The summed E-state index contributed by atoms with van der Waals surface area (Å²) in [6, 6.07) is 4.95. The van der Waals surface area contributed by atoms with Crippen LogP contribution in [0.15, 0.2) is 18.2 Å². The quantitative estimate of drug-likeness (QED) is 0.824. The summed E-state index contributed by atoms with van der Waals surface area (Å²) in [5.41, 5.74) is 0.466. The molecular weight excluding hydrogens is 245 g/mol. The van der Waals surface area contributed by atoms with Crippen molar-refractivity contribution in [3.05, 3.63) is 29.6 Å². The van der Waals surface area contributed by atoms with Crippen LogP contribution in [0.3, 0.4) is 0 Å². The van der Waals surface area contributed by atoms with Gasteiger partial charge >= 0.3 is 0 Å². The van der Waals surface area contributed by atoms with E-state index in [1.54, 1.807) is 19.2 Å². The lowest BCUT2D eigenvalue weighted by molar-refractivity contribution is 0.0117. The largest absolute Gasteiger partial charge is 0.497 e. The Balaban J connectivity index is 2.80. The molecule has 1 aromatic carbocycles. The van der Waals surface area contributed by atoms with Gasteiger partial charge in [-0.15, -0.1) is 0 Å². The Hall–Kier alpha value is -1.13. The van der Waals surface area contributed by atoms with Gasteiger partial charge < -0.3 is 14.8 Å². The van der Waals surface area contributed by atoms with Gasteiger partial charge in [0.05, 0.1) is 12.7 Å². The summed E-state index contributed by atoms with van der Waals surface area (Å²) in [4.78, 5) is 0. The normalized spacial score (nSPS) is 13.4. The lowest BCUT2D eigenvalue weighted by Crippen LogP contribution is -2.26. The standard InChI is InChI=1S/C15H24FNO2/c1-15(2,19-5)9-8-14(17-3)12-7-6-11(18-4)10-13(12)16/h6-7,10,14,17H,8-9H2,1-5H3. The van der Waals surface area contributed by atoms with Gasteiger partial charge in [0.15, 0.2) is 0 Å². The molecule has 4 heteroatoms. The Bertz CT molecular complexity index is 407. The van der Waals surface area contributed by atoms with Crippen molar-refractivity contribution in [3.63, 3.8) is 0 Å². The second kappa shape index (κ2) is 6.87. The molecule has 0 aliphatic carbocycles. The van der Waals surface area contributed by atoms with E-state index in [4.69, 9.17) is 9.47 Å². The number of nitrogens with one attached hydrogen (secondary N) is 1. The zero-order chi connectivity index (χ0) is 14.5. The van der Waals surface area contributed by atoms with Crippen LogP contribution < -0.4 is 10.1 Å². The Morgan fingerprint density at radius 3 is 2.47 bits per heavy atom. The highest BCUT2D eigenvalue weighted by Crippen LogP contribution is 2.27. The molecule has 1 rings (SSSR count). The molecule has 3 nitrogen and oxygen atoms in total. The third-order valence-corrected chi connectivity index (χ3v) is 3.52. The Morgan fingerprint density at radius 1 is 1.32 bits per heavy atom. The lowest BCUT2D eigenvalue weighted by atomic mass is 9.94. The number of benzene rings is 1. The van der Waals surface area contributed by atoms with Gasteiger partial charge in [-0.3, -0.25) is 0 Å². The lowest BCUT2D eigenvalue weighted by Gasteiger charge is -2.26. The fourth-order valence-corrected chi connectivity index (χ4v) is 1.97. The van der Waals surface area contributed by atoms with Gasteiger partial charge in [0.1, 0.15) is 11.6 Å². The third-order valence-electron chi connectivity index (χ3n) is 3.52. The van der Waals surface area contributed by atoms with Crippen LogP contribution in [-0.2, 0) is 4.74 Å². The van der Waals surface area contributed by atoms with Crippen LogP contribution in [0.25, 0.3) is 0 Å². The van der Waals surface area contributed by atoms with Crippen LogP contribution in [0.1, 0.15) is 38.3 Å². The van der Waals surface area contributed by atoms with Crippen molar-refractivity contribution in [1.82, 2.24) is 5.32 Å². The second-order valence-corrected chi connectivity index (χ2v) is 5.23. The van der Waals surface area contributed by atoms with E-state index in [2.05, 4.69) is 5.32 Å². The number of ether oxygens (including phenoxy) is 2. The molecule has 1 N–H and O–H groups in total. The number of halogens is 1. The van der Waals surface area contributed by atoms with E-state index in [1.807, 2.05) is 20.9 Å². The predicted octanol–water partition coefficient (Wildman–Crippen LogP) is 3.30. The number of hydrogen-bond acceptors (Lipinski definition) is 3. The molecular formula is C15H24FNO2. The monoisotopic (exact) mass is 269 g/mol. The maximum Gasteiger partial charge on any atom is 0.131 e. The number of rotatable bonds is 7. The minimum atomic E-state index is -0.242. The van der Waals surface area contributed by atoms with Gasteiger partial charge in [-0.2, -0.15) is 0 Å². The Morgan fingerprint density at radius 2 is 2.00 bits per heavy atom. The van der Waals surface area contributed by atoms with Crippen LogP contribution >= 0.6 is 0 Å². The molecule has 1 aromatic rings. The average molecular weight is 269 g/mol. The topological polar surface area (TPSA) is 30.5 Å². The molecule has 108 valence electrons. The molecule has 0 aliphatic heterocycles. The molecule has 0 saturated carbocycles. The first-order valence-corrected chi connectivity index (χ1v) is 6.49. The van der Waals surface area contributed by atoms with Crippen molar-refractivity contribution < 1.29 is 13.9 Å². The molecule has 0 amide bonds. The van der Waals surface area contributed by atoms with Crippen molar-refractivity contribution in [3.8, 4) is 5.75 Å². The summed E-state index contributed by atoms with van der Waals surface area (Å²) in [7, 11) is 5.07. The van der Waals surface area contributed by atoms with Crippen LogP contribution in [0.2, 0.25) is 0 Å². The van der Waals surface area contributed by atoms with E-state index < -0.39 is 0 Å². The molecule has 0 heterocycles. The molecule has 1 unspecified atom stereocenters. The van der Waals surface area contributed by atoms with Crippen molar-refractivity contribution in [1.29, 1.82) is 0 Å². The first-order valence-electron chi connectivity index (χ1n) is 6.49. The summed E-state index contributed by atoms with van der Waals surface area (Å²) >= 11 is 0. The zero-order valence-electron chi connectivity index (χ0n) is 12.4. The fraction of sp³-hybridized carbons (Fsp3) is 0.600. The van der Waals surface area contributed by atoms with Gasteiger partial charge in [-0.25, -0.2) is 4.39 Å². The zero-order valence-corrected chi connectivity index (χ0v) is 12.4. The molecule has 0 fully saturated rings. The van der Waals surface area contributed by atoms with Crippen molar-refractivity contribution >= 4 is 0 Å². The first kappa shape index (κ1) is 15.9. The summed E-state index contributed by atoms with van der Waals surface area (Å²) < 4.78 is 24.4. The summed E-state index contributed by atoms with van der Waals surface area (Å²) in [6.45, 7) is 4.06.